The van der Waals surface area contributed by atoms with Crippen LogP contribution in [0.4, 0.5) is 10.5 Å². The Morgan fingerprint density at radius 2 is 1.83 bits per heavy atom. The van der Waals surface area contributed by atoms with E-state index in [0.717, 1.165) is 6.92 Å². The second-order valence-electron chi connectivity index (χ2n) is 11.0. The summed E-state index contributed by atoms with van der Waals surface area (Å²) in [5, 5.41) is 20.9. The van der Waals surface area contributed by atoms with Crippen LogP contribution < -0.4 is 15.0 Å². The third-order valence-corrected chi connectivity index (χ3v) is 8.07. The first-order chi connectivity index (χ1) is 25.3. The van der Waals surface area contributed by atoms with Crippen LogP contribution in [0, 0.1) is 11.3 Å². The van der Waals surface area contributed by atoms with Crippen LogP contribution in [0.15, 0.2) is 103 Å². The van der Waals surface area contributed by atoms with Gasteiger partial charge < -0.3 is 14.8 Å². The van der Waals surface area contributed by atoms with Gasteiger partial charge in [-0.3, -0.25) is 24.5 Å². The van der Waals surface area contributed by atoms with Crippen LogP contribution in [-0.2, 0) is 20.9 Å². The van der Waals surface area contributed by atoms with Gasteiger partial charge in [0.15, 0.2) is 0 Å². The lowest BCUT2D eigenvalue weighted by Crippen LogP contribution is -2.56. The van der Waals surface area contributed by atoms with Crippen LogP contribution in [-0.4, -0.2) is 58.2 Å². The Labute approximate surface area is 284 Å². The normalized spacial score (nSPS) is 17.4. The number of likely N-dealkylation sites (N-methyl/N-ethyl adjacent to an activating group) is 1. The Morgan fingerprint density at radius 1 is 1.10 bits per heavy atom. The van der Waals surface area contributed by atoms with Gasteiger partial charge in [0, 0.05) is 18.7 Å². The predicted molar refractivity (Wildman–Crippen MR) is 179 cm³/mol. The summed E-state index contributed by atoms with van der Waals surface area (Å²) in [6.07, 6.45) is -1.39. The number of hydrogen-bond donors (Lipinski definition) is 2. The summed E-state index contributed by atoms with van der Waals surface area (Å²) in [4.78, 5) is 43.9. The summed E-state index contributed by atoms with van der Waals surface area (Å²) in [7, 11) is 0. The maximum Gasteiger partial charge on any atom is 0.410 e. The van der Waals surface area contributed by atoms with E-state index in [-0.39, 0.29) is 23.7 Å². The summed E-state index contributed by atoms with van der Waals surface area (Å²) >= 11 is 0. The number of nitriles is 1. The molecule has 3 amide bonds. The molecule has 0 saturated heterocycles. The number of fused-ring (bicyclic) bond motifs is 2. The number of aromatic amines is 1. The van der Waals surface area contributed by atoms with Crippen molar-refractivity contribution in [3.63, 3.8) is 0 Å². The van der Waals surface area contributed by atoms with Crippen molar-refractivity contribution in [3.05, 3.63) is 126 Å². The van der Waals surface area contributed by atoms with Gasteiger partial charge in [0.05, 0.1) is 28.5 Å². The molecule has 5 aromatic rings. The summed E-state index contributed by atoms with van der Waals surface area (Å²) in [5.41, 5.74) is 2.68. The van der Waals surface area contributed by atoms with Crippen molar-refractivity contribution in [2.24, 2.45) is 0 Å². The van der Waals surface area contributed by atoms with E-state index in [4.69, 9.17) is 16.3 Å². The van der Waals surface area contributed by atoms with E-state index in [1.807, 2.05) is 18.2 Å². The van der Waals surface area contributed by atoms with Crippen molar-refractivity contribution < 1.29 is 30.7 Å². The second-order valence-corrected chi connectivity index (χ2v) is 11.0. The van der Waals surface area contributed by atoms with Crippen molar-refractivity contribution in [3.8, 4) is 11.8 Å². The molecule has 0 bridgehead atoms. The Kier molecular flexibility index (Phi) is 7.63. The summed E-state index contributed by atoms with van der Waals surface area (Å²) < 4.78 is 51.8. The zero-order valence-electron chi connectivity index (χ0n) is 30.8. The highest BCUT2D eigenvalue weighted by molar-refractivity contribution is 6.03. The Morgan fingerprint density at radius 3 is 2.65 bits per heavy atom. The molecule has 2 heterocycles. The van der Waals surface area contributed by atoms with Gasteiger partial charge in [0.2, 0.25) is 5.91 Å². The van der Waals surface area contributed by atoms with Crippen LogP contribution >= 0.6 is 0 Å². The Bertz CT molecular complexity index is 2190. The number of aromatic nitrogens is 2. The SMILES string of the molecule is [2H]C([2H])([2H])C([2H])([2H])N(C(=O)OCc1ccccc1)C(C)C(=O)N[C@H]1COc2ccccc2N([C@@H](c2ccccc2C#N)c2[nH]nc3ccccc23)C1=O. The highest BCUT2D eigenvalue weighted by atomic mass is 16.6. The fraction of sp³-hybridized carbons (Fsp3) is 0.216. The van der Waals surface area contributed by atoms with E-state index in [1.165, 1.54) is 4.90 Å². The minimum Gasteiger partial charge on any atom is -0.489 e. The summed E-state index contributed by atoms with van der Waals surface area (Å²) in [6.45, 7) is -6.32. The van der Waals surface area contributed by atoms with Crippen molar-refractivity contribution in [1.29, 1.82) is 5.26 Å². The zero-order valence-corrected chi connectivity index (χ0v) is 25.8. The van der Waals surface area contributed by atoms with E-state index in [1.54, 1.807) is 84.9 Å². The van der Waals surface area contributed by atoms with Gasteiger partial charge in [-0.25, -0.2) is 4.79 Å². The number of amides is 3. The van der Waals surface area contributed by atoms with Crippen molar-refractivity contribution in [1.82, 2.24) is 20.4 Å². The summed E-state index contributed by atoms with van der Waals surface area (Å²) in [5.74, 6) is -1.44. The first kappa shape index (κ1) is 26.0. The predicted octanol–water partition coefficient (Wildman–Crippen LogP) is 5.48. The first-order valence-corrected chi connectivity index (χ1v) is 15.1. The largest absolute Gasteiger partial charge is 0.489 e. The molecule has 0 radical (unpaired) electrons. The Hall–Kier alpha value is -6.15. The van der Waals surface area contributed by atoms with Crippen LogP contribution in [0.25, 0.3) is 10.9 Å². The molecular weight excluding hydrogens is 608 g/mol. The van der Waals surface area contributed by atoms with E-state index in [2.05, 4.69) is 21.6 Å². The van der Waals surface area contributed by atoms with Gasteiger partial charge in [0.1, 0.15) is 37.1 Å². The lowest BCUT2D eigenvalue weighted by atomic mass is 9.94. The van der Waals surface area contributed by atoms with Crippen molar-refractivity contribution in [2.45, 2.75) is 38.5 Å². The zero-order chi connectivity index (χ0) is 37.9. The third kappa shape index (κ3) is 6.28. The molecule has 11 nitrogen and oxygen atoms in total. The third-order valence-electron chi connectivity index (χ3n) is 8.07. The van der Waals surface area contributed by atoms with Gasteiger partial charge in [-0.2, -0.15) is 10.4 Å². The van der Waals surface area contributed by atoms with E-state index >= 15 is 0 Å². The minimum atomic E-state index is -3.39. The van der Waals surface area contributed by atoms with E-state index in [9.17, 15) is 19.6 Å². The van der Waals surface area contributed by atoms with Gasteiger partial charge in [-0.1, -0.05) is 78.9 Å². The topological polar surface area (TPSA) is 141 Å². The van der Waals surface area contributed by atoms with E-state index < -0.39 is 49.4 Å². The monoisotopic (exact) mass is 647 g/mol. The maximum absolute atomic E-state index is 14.9. The lowest BCUT2D eigenvalue weighted by molar-refractivity contribution is -0.130. The van der Waals surface area contributed by atoms with Gasteiger partial charge in [-0.05, 0) is 49.2 Å². The number of anilines is 1. The smallest absolute Gasteiger partial charge is 0.410 e. The molecule has 0 spiro atoms. The fourth-order valence-corrected chi connectivity index (χ4v) is 5.63. The number of ether oxygens (including phenoxy) is 2. The molecule has 11 heteroatoms. The van der Waals surface area contributed by atoms with Crippen molar-refractivity contribution >= 4 is 34.5 Å². The van der Waals surface area contributed by atoms with Crippen LogP contribution in [0.3, 0.4) is 0 Å². The van der Waals surface area contributed by atoms with Crippen LogP contribution in [0.2, 0.25) is 0 Å². The minimum absolute atomic E-state index is 0.218. The highest BCUT2D eigenvalue weighted by Gasteiger charge is 2.41. The number of H-pyrrole nitrogens is 1. The molecule has 2 N–H and O–H groups in total. The highest BCUT2D eigenvalue weighted by Crippen LogP contribution is 2.42. The molecule has 1 unspecified atom stereocenters. The molecule has 1 aromatic heterocycles. The molecule has 1 aliphatic rings. The maximum atomic E-state index is 14.9. The number of hydrogen-bond acceptors (Lipinski definition) is 7. The van der Waals surface area contributed by atoms with E-state index in [0.29, 0.717) is 39.2 Å². The van der Waals surface area contributed by atoms with Crippen molar-refractivity contribution in [2.75, 3.05) is 18.0 Å². The van der Waals surface area contributed by atoms with Gasteiger partial charge in [-0.15, -0.1) is 0 Å². The second kappa shape index (κ2) is 14.1. The number of benzene rings is 4. The number of nitrogens with one attached hydrogen (secondary N) is 2. The molecule has 6 rings (SSSR count). The number of para-hydroxylation sites is 3. The summed E-state index contributed by atoms with van der Waals surface area (Å²) in [6, 6.07) is 27.2. The molecule has 1 aliphatic heterocycles. The number of nitrogens with zero attached hydrogens (tertiary/aromatic N) is 4. The molecule has 242 valence electrons. The molecular formula is C37H34N6O5. The standard InChI is InChI=1S/C37H34N6O5/c1-3-42(37(46)48-22-25-13-5-4-6-14-25)24(2)35(44)39-30-23-47-32-20-12-11-19-31(32)43(36(30)45)34(27-16-8-7-15-26(27)21-38)33-28-17-9-10-18-29(28)40-41-33/h4-20,24,30,34H,3,22-23H2,1-2H3,(H,39,44)(H,40,41)/t24?,30-,34-/m0/s1/i1D3,3D2. The number of carbonyl (C=O) groups is 3. The molecule has 0 fully saturated rings. The van der Waals surface area contributed by atoms with Crippen LogP contribution in [0.1, 0.15) is 49.1 Å². The molecule has 48 heavy (non-hydrogen) atoms. The average Bonchev–Trinajstić information content (AvgIpc) is 3.52. The fourth-order valence-electron chi connectivity index (χ4n) is 5.63. The average molecular weight is 648 g/mol. The first-order valence-electron chi connectivity index (χ1n) is 17.6. The Balaban J connectivity index is 1.38. The number of rotatable bonds is 9. The van der Waals surface area contributed by atoms with Crippen LogP contribution in [0.5, 0.6) is 5.75 Å². The number of carbonyl (C=O) groups excluding carboxylic acids is 3. The lowest BCUT2D eigenvalue weighted by Gasteiger charge is -2.34. The quantitative estimate of drug-likeness (QED) is 0.216. The molecule has 0 aliphatic carbocycles. The molecule has 4 aromatic carbocycles. The molecule has 0 saturated carbocycles. The van der Waals surface area contributed by atoms with Gasteiger partial charge in [0.25, 0.3) is 5.91 Å². The molecule has 3 atom stereocenters. The van der Waals surface area contributed by atoms with Gasteiger partial charge >= 0.3 is 6.09 Å².